The molecule has 1 atom stereocenters. The minimum Gasteiger partial charge on any atom is -0.462 e. The summed E-state index contributed by atoms with van der Waals surface area (Å²) in [6.07, 6.45) is 37.0. The van der Waals surface area contributed by atoms with Crippen LogP contribution in [-0.4, -0.2) is 37.2 Å². The summed E-state index contributed by atoms with van der Waals surface area (Å²) in [6, 6.07) is 0. The average molecular weight is 737 g/mol. The van der Waals surface area contributed by atoms with E-state index in [1.54, 1.807) is 0 Å². The van der Waals surface area contributed by atoms with Crippen molar-refractivity contribution in [1.82, 2.24) is 0 Å². The van der Waals surface area contributed by atoms with Crippen LogP contribution < -0.4 is 0 Å². The molecular weight excluding hydrogens is 649 g/mol. The van der Waals surface area contributed by atoms with Gasteiger partial charge in [0.1, 0.15) is 13.2 Å². The molecular formula is C46H88O6. The number of carbonyl (C=O) groups excluding carboxylic acids is 3. The van der Waals surface area contributed by atoms with Gasteiger partial charge in [0.25, 0.3) is 0 Å². The highest BCUT2D eigenvalue weighted by atomic mass is 16.6. The van der Waals surface area contributed by atoms with Crippen molar-refractivity contribution in [3.8, 4) is 0 Å². The summed E-state index contributed by atoms with van der Waals surface area (Å²) in [6.45, 7) is 11.2. The molecule has 0 bridgehead atoms. The molecule has 0 aromatic rings. The highest BCUT2D eigenvalue weighted by Crippen LogP contribution is 2.17. The maximum absolute atomic E-state index is 12.7. The summed E-state index contributed by atoms with van der Waals surface area (Å²) in [5.74, 6) is 0.760. The summed E-state index contributed by atoms with van der Waals surface area (Å²) in [5, 5.41) is 0. The monoisotopic (exact) mass is 737 g/mol. The standard InChI is InChI=1S/C46H88O6/c1-6-7-8-24-31-36-44(47)50-39-43(40-51-45(48)37-32-27-23-19-21-26-30-35-42(4)5)52-46(49)38-33-28-22-18-16-14-12-10-9-11-13-15-17-20-25-29-34-41(2)3/h41-43H,6-40H2,1-5H3/t43-/m1/s1. The lowest BCUT2D eigenvalue weighted by Gasteiger charge is -2.18. The fourth-order valence-electron chi connectivity index (χ4n) is 6.75. The molecule has 0 rings (SSSR count). The van der Waals surface area contributed by atoms with E-state index in [2.05, 4.69) is 34.6 Å². The molecule has 0 aromatic heterocycles. The van der Waals surface area contributed by atoms with Crippen LogP contribution in [-0.2, 0) is 28.6 Å². The Hall–Kier alpha value is -1.59. The molecule has 6 heteroatoms. The molecule has 0 radical (unpaired) electrons. The number of carbonyl (C=O) groups is 3. The van der Waals surface area contributed by atoms with Gasteiger partial charge in [0.2, 0.25) is 0 Å². The largest absolute Gasteiger partial charge is 0.462 e. The highest BCUT2D eigenvalue weighted by Gasteiger charge is 2.19. The van der Waals surface area contributed by atoms with Gasteiger partial charge < -0.3 is 14.2 Å². The van der Waals surface area contributed by atoms with E-state index < -0.39 is 6.10 Å². The first-order valence-corrected chi connectivity index (χ1v) is 22.7. The zero-order valence-electron chi connectivity index (χ0n) is 35.4. The van der Waals surface area contributed by atoms with Gasteiger partial charge in [-0.3, -0.25) is 14.4 Å². The number of rotatable bonds is 40. The fraction of sp³-hybridized carbons (Fsp3) is 0.935. The fourth-order valence-corrected chi connectivity index (χ4v) is 6.75. The second-order valence-corrected chi connectivity index (χ2v) is 16.6. The lowest BCUT2D eigenvalue weighted by molar-refractivity contribution is -0.167. The third-order valence-corrected chi connectivity index (χ3v) is 10.2. The Balaban J connectivity index is 4.12. The van der Waals surface area contributed by atoms with Crippen molar-refractivity contribution in [1.29, 1.82) is 0 Å². The van der Waals surface area contributed by atoms with Crippen molar-refractivity contribution < 1.29 is 28.6 Å². The number of esters is 3. The summed E-state index contributed by atoms with van der Waals surface area (Å²) in [7, 11) is 0. The van der Waals surface area contributed by atoms with E-state index in [1.165, 1.54) is 128 Å². The number of unbranched alkanes of at least 4 members (excludes halogenated alkanes) is 25. The Kier molecular flexibility index (Phi) is 37.9. The SMILES string of the molecule is CCCCCCCC(=O)OC[C@H](COC(=O)CCCCCCCCCC(C)C)OC(=O)CCCCCCCCCCCCCCCCCCC(C)C. The van der Waals surface area contributed by atoms with E-state index in [1.807, 2.05) is 0 Å². The molecule has 0 aliphatic heterocycles. The van der Waals surface area contributed by atoms with Gasteiger partial charge in [-0.15, -0.1) is 0 Å². The Morgan fingerprint density at radius 2 is 0.635 bits per heavy atom. The predicted octanol–water partition coefficient (Wildman–Crippen LogP) is 14.2. The first kappa shape index (κ1) is 50.4. The first-order chi connectivity index (χ1) is 25.2. The van der Waals surface area contributed by atoms with Gasteiger partial charge in [0.05, 0.1) is 0 Å². The van der Waals surface area contributed by atoms with E-state index in [0.717, 1.165) is 76.0 Å². The molecule has 0 aromatic carbocycles. The van der Waals surface area contributed by atoms with E-state index in [9.17, 15) is 14.4 Å². The van der Waals surface area contributed by atoms with Crippen molar-refractivity contribution in [2.24, 2.45) is 11.8 Å². The lowest BCUT2D eigenvalue weighted by atomic mass is 10.0. The molecule has 0 N–H and O–H groups in total. The first-order valence-electron chi connectivity index (χ1n) is 22.7. The van der Waals surface area contributed by atoms with Crippen molar-refractivity contribution in [2.75, 3.05) is 13.2 Å². The average Bonchev–Trinajstić information content (AvgIpc) is 3.11. The maximum atomic E-state index is 12.7. The van der Waals surface area contributed by atoms with Crippen LogP contribution in [0.15, 0.2) is 0 Å². The van der Waals surface area contributed by atoms with Crippen molar-refractivity contribution >= 4 is 17.9 Å². The molecule has 0 saturated heterocycles. The summed E-state index contributed by atoms with van der Waals surface area (Å²) >= 11 is 0. The summed E-state index contributed by atoms with van der Waals surface area (Å²) in [5.41, 5.74) is 0. The van der Waals surface area contributed by atoms with Crippen LogP contribution in [0.1, 0.15) is 247 Å². The van der Waals surface area contributed by atoms with Crippen LogP contribution in [0.2, 0.25) is 0 Å². The Bertz CT molecular complexity index is 794. The second-order valence-electron chi connectivity index (χ2n) is 16.6. The molecule has 52 heavy (non-hydrogen) atoms. The van der Waals surface area contributed by atoms with Crippen LogP contribution in [0, 0.1) is 11.8 Å². The third kappa shape index (κ3) is 39.6. The van der Waals surface area contributed by atoms with Crippen LogP contribution >= 0.6 is 0 Å². The number of hydrogen-bond acceptors (Lipinski definition) is 6. The van der Waals surface area contributed by atoms with Gasteiger partial charge in [0, 0.05) is 19.3 Å². The molecule has 0 unspecified atom stereocenters. The molecule has 0 aliphatic carbocycles. The maximum Gasteiger partial charge on any atom is 0.306 e. The molecule has 0 fully saturated rings. The van der Waals surface area contributed by atoms with E-state index in [0.29, 0.717) is 19.3 Å². The Morgan fingerprint density at radius 3 is 0.942 bits per heavy atom. The minimum absolute atomic E-state index is 0.0667. The molecule has 0 saturated carbocycles. The molecule has 0 heterocycles. The lowest BCUT2D eigenvalue weighted by Crippen LogP contribution is -2.30. The van der Waals surface area contributed by atoms with Crippen LogP contribution in [0.3, 0.4) is 0 Å². The van der Waals surface area contributed by atoms with Crippen LogP contribution in [0.25, 0.3) is 0 Å². The van der Waals surface area contributed by atoms with Gasteiger partial charge in [-0.25, -0.2) is 0 Å². The number of ether oxygens (including phenoxy) is 3. The normalized spacial score (nSPS) is 12.1. The number of hydrogen-bond donors (Lipinski definition) is 0. The topological polar surface area (TPSA) is 78.9 Å². The third-order valence-electron chi connectivity index (χ3n) is 10.2. The van der Waals surface area contributed by atoms with Crippen LogP contribution in [0.4, 0.5) is 0 Å². The highest BCUT2D eigenvalue weighted by molar-refractivity contribution is 5.71. The Morgan fingerprint density at radius 1 is 0.365 bits per heavy atom. The second kappa shape index (κ2) is 39.1. The van der Waals surface area contributed by atoms with Gasteiger partial charge in [-0.2, -0.15) is 0 Å². The minimum atomic E-state index is -0.758. The molecule has 0 aliphatic rings. The van der Waals surface area contributed by atoms with E-state index in [4.69, 9.17) is 14.2 Å². The zero-order valence-corrected chi connectivity index (χ0v) is 35.4. The molecule has 6 nitrogen and oxygen atoms in total. The van der Waals surface area contributed by atoms with E-state index >= 15 is 0 Å². The Labute approximate surface area is 323 Å². The van der Waals surface area contributed by atoms with Gasteiger partial charge in [0.15, 0.2) is 6.10 Å². The van der Waals surface area contributed by atoms with Crippen molar-refractivity contribution in [3.63, 3.8) is 0 Å². The molecule has 308 valence electrons. The van der Waals surface area contributed by atoms with Gasteiger partial charge >= 0.3 is 17.9 Å². The summed E-state index contributed by atoms with van der Waals surface area (Å²) in [4.78, 5) is 37.4. The van der Waals surface area contributed by atoms with E-state index in [-0.39, 0.29) is 31.1 Å². The van der Waals surface area contributed by atoms with Crippen molar-refractivity contribution in [3.05, 3.63) is 0 Å². The van der Waals surface area contributed by atoms with Crippen molar-refractivity contribution in [2.45, 2.75) is 253 Å². The smallest absolute Gasteiger partial charge is 0.306 e. The molecule has 0 amide bonds. The quantitative estimate of drug-likeness (QED) is 0.0354. The zero-order chi connectivity index (χ0) is 38.3. The van der Waals surface area contributed by atoms with Gasteiger partial charge in [-0.1, -0.05) is 208 Å². The predicted molar refractivity (Wildman–Crippen MR) is 220 cm³/mol. The molecule has 0 spiro atoms. The van der Waals surface area contributed by atoms with Crippen LogP contribution in [0.5, 0.6) is 0 Å². The van der Waals surface area contributed by atoms with Gasteiger partial charge in [-0.05, 0) is 31.1 Å². The summed E-state index contributed by atoms with van der Waals surface area (Å²) < 4.78 is 16.6.